The van der Waals surface area contributed by atoms with Crippen LogP contribution >= 0.6 is 11.6 Å². The van der Waals surface area contributed by atoms with Crippen LogP contribution in [-0.2, 0) is 4.79 Å². The molecule has 0 saturated carbocycles. The lowest BCUT2D eigenvalue weighted by molar-refractivity contribution is -0.115. The highest BCUT2D eigenvalue weighted by atomic mass is 35.5. The number of carbonyl (C=O) groups is 2. The Kier molecular flexibility index (Phi) is 5.60. The van der Waals surface area contributed by atoms with Gasteiger partial charge in [-0.2, -0.15) is 0 Å². The fourth-order valence-electron chi connectivity index (χ4n) is 1.96. The summed E-state index contributed by atoms with van der Waals surface area (Å²) in [5.74, 6) is -0.0925. The van der Waals surface area contributed by atoms with E-state index in [1.54, 1.807) is 42.5 Å². The Morgan fingerprint density at radius 2 is 1.91 bits per heavy atom. The van der Waals surface area contributed by atoms with Crippen molar-refractivity contribution in [3.8, 4) is 5.75 Å². The van der Waals surface area contributed by atoms with E-state index in [1.165, 1.54) is 7.11 Å². The van der Waals surface area contributed by atoms with Crippen LogP contribution < -0.4 is 15.4 Å². The molecule has 0 radical (unpaired) electrons. The number of amides is 2. The number of hydrogen-bond donors (Lipinski definition) is 2. The Morgan fingerprint density at radius 1 is 1.17 bits per heavy atom. The molecule has 0 aliphatic carbocycles. The molecule has 5 nitrogen and oxygen atoms in total. The lowest BCUT2D eigenvalue weighted by Crippen LogP contribution is -2.33. The van der Waals surface area contributed by atoms with E-state index in [-0.39, 0.29) is 18.4 Å². The molecule has 0 atom stereocenters. The Hall–Kier alpha value is -2.53. The molecule has 0 aliphatic heterocycles. The number of anilines is 1. The number of ether oxygens (including phenoxy) is 1. The number of hydrogen-bond acceptors (Lipinski definition) is 3. The number of carbonyl (C=O) groups excluding carboxylic acids is 2. The zero-order valence-electron chi connectivity index (χ0n) is 12.9. The summed E-state index contributed by atoms with van der Waals surface area (Å²) in [5.41, 5.74) is 1.83. The van der Waals surface area contributed by atoms with Crippen LogP contribution in [-0.4, -0.2) is 25.5 Å². The first kappa shape index (κ1) is 16.8. The highest BCUT2D eigenvalue weighted by molar-refractivity contribution is 6.31. The van der Waals surface area contributed by atoms with Crippen LogP contribution in [0.4, 0.5) is 5.69 Å². The summed E-state index contributed by atoms with van der Waals surface area (Å²) in [7, 11) is 1.53. The summed E-state index contributed by atoms with van der Waals surface area (Å²) >= 11 is 6.00. The molecular weight excluding hydrogens is 316 g/mol. The van der Waals surface area contributed by atoms with E-state index in [4.69, 9.17) is 16.3 Å². The third-order valence-electron chi connectivity index (χ3n) is 3.28. The quantitative estimate of drug-likeness (QED) is 0.884. The minimum absolute atomic E-state index is 0.137. The van der Waals surface area contributed by atoms with E-state index in [0.717, 1.165) is 5.56 Å². The topological polar surface area (TPSA) is 67.4 Å². The SMILES string of the molecule is COc1cccc(C(=O)NCC(=O)Nc2cccc(Cl)c2C)c1. The normalized spacial score (nSPS) is 10.0. The van der Waals surface area contributed by atoms with Gasteiger partial charge in [-0.05, 0) is 42.8 Å². The largest absolute Gasteiger partial charge is 0.497 e. The molecule has 2 aromatic rings. The van der Waals surface area contributed by atoms with Crippen LogP contribution in [0.15, 0.2) is 42.5 Å². The molecule has 0 bridgehead atoms. The summed E-state index contributed by atoms with van der Waals surface area (Å²) in [4.78, 5) is 24.0. The molecule has 0 spiro atoms. The molecule has 0 fully saturated rings. The van der Waals surface area contributed by atoms with E-state index in [0.29, 0.717) is 22.0 Å². The smallest absolute Gasteiger partial charge is 0.251 e. The van der Waals surface area contributed by atoms with Gasteiger partial charge in [-0.1, -0.05) is 23.7 Å². The molecular formula is C17H17ClN2O3. The van der Waals surface area contributed by atoms with Gasteiger partial charge in [-0.15, -0.1) is 0 Å². The predicted octanol–water partition coefficient (Wildman–Crippen LogP) is 3.03. The lowest BCUT2D eigenvalue weighted by atomic mass is 10.2. The van der Waals surface area contributed by atoms with Gasteiger partial charge in [-0.25, -0.2) is 0 Å². The zero-order chi connectivity index (χ0) is 16.8. The molecule has 23 heavy (non-hydrogen) atoms. The molecule has 0 unspecified atom stereocenters. The summed E-state index contributed by atoms with van der Waals surface area (Å²) in [5, 5.41) is 5.85. The molecule has 2 rings (SSSR count). The van der Waals surface area contributed by atoms with E-state index >= 15 is 0 Å². The van der Waals surface area contributed by atoms with Crippen molar-refractivity contribution in [3.05, 3.63) is 58.6 Å². The van der Waals surface area contributed by atoms with Gasteiger partial charge in [0.15, 0.2) is 0 Å². The minimum atomic E-state index is -0.345. The minimum Gasteiger partial charge on any atom is -0.497 e. The molecule has 0 aromatic heterocycles. The Bertz CT molecular complexity index is 732. The fourth-order valence-corrected chi connectivity index (χ4v) is 2.14. The van der Waals surface area contributed by atoms with Gasteiger partial charge < -0.3 is 15.4 Å². The maximum absolute atomic E-state index is 12.0. The van der Waals surface area contributed by atoms with Gasteiger partial charge >= 0.3 is 0 Å². The number of halogens is 1. The van der Waals surface area contributed by atoms with Crippen LogP contribution in [0.5, 0.6) is 5.75 Å². The first-order chi connectivity index (χ1) is 11.0. The van der Waals surface area contributed by atoms with Crippen LogP contribution in [0, 0.1) is 6.92 Å². The standard InChI is InChI=1S/C17H17ClN2O3/c1-11-14(18)7-4-8-15(11)20-16(21)10-19-17(22)12-5-3-6-13(9-12)23-2/h3-9H,10H2,1-2H3,(H,19,22)(H,20,21). The second kappa shape index (κ2) is 7.65. The third kappa shape index (κ3) is 4.47. The van der Waals surface area contributed by atoms with Gasteiger partial charge in [0.1, 0.15) is 5.75 Å². The summed E-state index contributed by atoms with van der Waals surface area (Å²) < 4.78 is 5.06. The average Bonchev–Trinajstić information content (AvgIpc) is 2.57. The van der Waals surface area contributed by atoms with Gasteiger partial charge in [0.05, 0.1) is 13.7 Å². The number of benzene rings is 2. The molecule has 2 amide bonds. The maximum Gasteiger partial charge on any atom is 0.251 e. The Labute approximate surface area is 139 Å². The molecule has 2 N–H and O–H groups in total. The third-order valence-corrected chi connectivity index (χ3v) is 3.69. The van der Waals surface area contributed by atoms with Crippen molar-refractivity contribution in [2.75, 3.05) is 19.0 Å². The van der Waals surface area contributed by atoms with Gasteiger partial charge in [0, 0.05) is 16.3 Å². The van der Waals surface area contributed by atoms with Crippen molar-refractivity contribution in [2.24, 2.45) is 0 Å². The number of methoxy groups -OCH3 is 1. The van der Waals surface area contributed by atoms with E-state index in [1.807, 2.05) is 6.92 Å². The van der Waals surface area contributed by atoms with Gasteiger partial charge in [-0.3, -0.25) is 9.59 Å². The second-order valence-corrected chi connectivity index (χ2v) is 5.28. The van der Waals surface area contributed by atoms with Gasteiger partial charge in [0.2, 0.25) is 5.91 Å². The van der Waals surface area contributed by atoms with Crippen LogP contribution in [0.1, 0.15) is 15.9 Å². The van der Waals surface area contributed by atoms with E-state index in [2.05, 4.69) is 10.6 Å². The van der Waals surface area contributed by atoms with Crippen molar-refractivity contribution in [2.45, 2.75) is 6.92 Å². The van der Waals surface area contributed by atoms with Crippen LogP contribution in [0.2, 0.25) is 5.02 Å². The van der Waals surface area contributed by atoms with Crippen molar-refractivity contribution in [1.82, 2.24) is 5.32 Å². The zero-order valence-corrected chi connectivity index (χ0v) is 13.6. The monoisotopic (exact) mass is 332 g/mol. The van der Waals surface area contributed by atoms with E-state index < -0.39 is 0 Å². The summed E-state index contributed by atoms with van der Waals surface area (Å²) in [6, 6.07) is 12.0. The van der Waals surface area contributed by atoms with Crippen molar-refractivity contribution >= 4 is 29.1 Å². The maximum atomic E-state index is 12.0. The predicted molar refractivity (Wildman–Crippen MR) is 90.1 cm³/mol. The van der Waals surface area contributed by atoms with Gasteiger partial charge in [0.25, 0.3) is 5.91 Å². The Balaban J connectivity index is 1.93. The number of rotatable bonds is 5. The second-order valence-electron chi connectivity index (χ2n) is 4.88. The van der Waals surface area contributed by atoms with Crippen LogP contribution in [0.25, 0.3) is 0 Å². The highest BCUT2D eigenvalue weighted by Crippen LogP contribution is 2.22. The summed E-state index contributed by atoms with van der Waals surface area (Å²) in [6.07, 6.45) is 0. The first-order valence-electron chi connectivity index (χ1n) is 6.98. The summed E-state index contributed by atoms with van der Waals surface area (Å²) in [6.45, 7) is 1.68. The fraction of sp³-hybridized carbons (Fsp3) is 0.176. The van der Waals surface area contributed by atoms with Crippen molar-refractivity contribution < 1.29 is 14.3 Å². The molecule has 0 aliphatic rings. The van der Waals surface area contributed by atoms with Crippen LogP contribution in [0.3, 0.4) is 0 Å². The van der Waals surface area contributed by atoms with Crippen molar-refractivity contribution in [3.63, 3.8) is 0 Å². The Morgan fingerprint density at radius 3 is 2.65 bits per heavy atom. The van der Waals surface area contributed by atoms with Crippen molar-refractivity contribution in [1.29, 1.82) is 0 Å². The highest BCUT2D eigenvalue weighted by Gasteiger charge is 2.10. The average molecular weight is 333 g/mol. The molecule has 0 heterocycles. The van der Waals surface area contributed by atoms with E-state index in [9.17, 15) is 9.59 Å². The first-order valence-corrected chi connectivity index (χ1v) is 7.36. The molecule has 6 heteroatoms. The number of nitrogens with one attached hydrogen (secondary N) is 2. The molecule has 0 saturated heterocycles. The molecule has 120 valence electrons. The lowest BCUT2D eigenvalue weighted by Gasteiger charge is -2.10. The molecule has 2 aromatic carbocycles.